The Morgan fingerprint density at radius 2 is 2.07 bits per heavy atom. The summed E-state index contributed by atoms with van der Waals surface area (Å²) in [6.45, 7) is 0. The second-order valence-corrected chi connectivity index (χ2v) is 4.11. The first-order chi connectivity index (χ1) is 6.59. The van der Waals surface area contributed by atoms with Gasteiger partial charge in [0.05, 0.1) is 0 Å². The van der Waals surface area contributed by atoms with Crippen molar-refractivity contribution in [2.24, 2.45) is 0 Å². The first kappa shape index (κ1) is 9.68. The van der Waals surface area contributed by atoms with Crippen molar-refractivity contribution in [3.63, 3.8) is 0 Å². The zero-order valence-electron chi connectivity index (χ0n) is 6.80. The smallest absolute Gasteiger partial charge is 0.265 e. The minimum Gasteiger partial charge on any atom is -0.506 e. The molecule has 1 aromatic carbocycles. The topological polar surface area (TPSA) is 20.2 Å². The molecule has 0 aliphatic rings. The van der Waals surface area contributed by atoms with Gasteiger partial charge in [-0.2, -0.15) is 0 Å². The Morgan fingerprint density at radius 3 is 2.71 bits per heavy atom. The van der Waals surface area contributed by atoms with Crippen LogP contribution in [0.5, 0.6) is 5.75 Å². The van der Waals surface area contributed by atoms with Crippen LogP contribution in [0.15, 0.2) is 17.5 Å². The first-order valence-corrected chi connectivity index (χ1v) is 5.03. The molecular weight excluding hydrogens is 230 g/mol. The van der Waals surface area contributed by atoms with Gasteiger partial charge in [-0.05, 0) is 12.1 Å². The molecular formula is C9H5ClF2OS. The van der Waals surface area contributed by atoms with Gasteiger partial charge in [-0.25, -0.2) is 8.78 Å². The number of aromatic hydroxyl groups is 1. The van der Waals surface area contributed by atoms with Crippen LogP contribution < -0.4 is 0 Å². The lowest BCUT2D eigenvalue weighted by Crippen LogP contribution is -1.83. The van der Waals surface area contributed by atoms with Crippen LogP contribution in [0.4, 0.5) is 8.78 Å². The van der Waals surface area contributed by atoms with Gasteiger partial charge in [-0.1, -0.05) is 11.6 Å². The standard InChI is InChI=1S/C9H5ClF2OS/c10-4-1-5-7(13)3-14-8(5)6(2-4)9(11)12/h1-3,9,13H. The van der Waals surface area contributed by atoms with Gasteiger partial charge in [-0.15, -0.1) is 11.3 Å². The zero-order chi connectivity index (χ0) is 10.3. The summed E-state index contributed by atoms with van der Waals surface area (Å²) in [6.07, 6.45) is -2.57. The minimum absolute atomic E-state index is 0.00519. The van der Waals surface area contributed by atoms with E-state index in [1.807, 2.05) is 0 Å². The van der Waals surface area contributed by atoms with E-state index in [0.29, 0.717) is 10.1 Å². The molecule has 0 aliphatic heterocycles. The van der Waals surface area contributed by atoms with Crippen LogP contribution in [-0.4, -0.2) is 5.11 Å². The largest absolute Gasteiger partial charge is 0.506 e. The lowest BCUT2D eigenvalue weighted by Gasteiger charge is -2.02. The van der Waals surface area contributed by atoms with E-state index in [1.165, 1.54) is 17.5 Å². The van der Waals surface area contributed by atoms with E-state index in [0.717, 1.165) is 11.3 Å². The molecule has 0 aliphatic carbocycles. The average Bonchev–Trinajstić information content (AvgIpc) is 2.47. The summed E-state index contributed by atoms with van der Waals surface area (Å²) in [5, 5.41) is 11.4. The molecule has 0 atom stereocenters. The molecule has 0 radical (unpaired) electrons. The van der Waals surface area contributed by atoms with Gasteiger partial charge in [0.1, 0.15) is 5.75 Å². The average molecular weight is 235 g/mol. The summed E-state index contributed by atoms with van der Waals surface area (Å²) >= 11 is 6.75. The minimum atomic E-state index is -2.57. The van der Waals surface area contributed by atoms with E-state index < -0.39 is 6.43 Å². The van der Waals surface area contributed by atoms with E-state index in [2.05, 4.69) is 0 Å². The monoisotopic (exact) mass is 234 g/mol. The molecule has 2 rings (SSSR count). The highest BCUT2D eigenvalue weighted by atomic mass is 35.5. The van der Waals surface area contributed by atoms with E-state index in [-0.39, 0.29) is 16.3 Å². The number of thiophene rings is 1. The van der Waals surface area contributed by atoms with Gasteiger partial charge in [0, 0.05) is 26.1 Å². The highest BCUT2D eigenvalue weighted by molar-refractivity contribution is 7.17. The Hall–Kier alpha value is -0.870. The fourth-order valence-corrected chi connectivity index (χ4v) is 2.43. The van der Waals surface area contributed by atoms with Crippen molar-refractivity contribution >= 4 is 33.0 Å². The molecule has 0 spiro atoms. The van der Waals surface area contributed by atoms with Crippen LogP contribution in [0, 0.1) is 0 Å². The van der Waals surface area contributed by atoms with Crippen LogP contribution >= 0.6 is 22.9 Å². The van der Waals surface area contributed by atoms with Crippen LogP contribution in [0.3, 0.4) is 0 Å². The Kier molecular flexibility index (Phi) is 2.33. The molecule has 14 heavy (non-hydrogen) atoms. The van der Waals surface area contributed by atoms with Crippen molar-refractivity contribution in [1.29, 1.82) is 0 Å². The second-order valence-electron chi connectivity index (χ2n) is 2.79. The molecule has 0 saturated carbocycles. The Morgan fingerprint density at radius 1 is 1.36 bits per heavy atom. The van der Waals surface area contributed by atoms with Crippen LogP contribution in [0.25, 0.3) is 10.1 Å². The lowest BCUT2D eigenvalue weighted by molar-refractivity contribution is 0.153. The number of hydrogen-bond acceptors (Lipinski definition) is 2. The summed E-state index contributed by atoms with van der Waals surface area (Å²) in [5.41, 5.74) is -0.127. The van der Waals surface area contributed by atoms with E-state index in [4.69, 9.17) is 11.6 Å². The number of benzene rings is 1. The van der Waals surface area contributed by atoms with Crippen molar-refractivity contribution in [3.05, 3.63) is 28.1 Å². The van der Waals surface area contributed by atoms with Gasteiger partial charge in [0.15, 0.2) is 0 Å². The SMILES string of the molecule is Oc1csc2c(C(F)F)cc(Cl)cc12. The third-order valence-corrected chi connectivity index (χ3v) is 3.13. The molecule has 1 heterocycles. The van der Waals surface area contributed by atoms with Crippen LogP contribution in [0.2, 0.25) is 5.02 Å². The Balaban J connectivity index is 2.82. The third-order valence-electron chi connectivity index (χ3n) is 1.88. The third kappa shape index (κ3) is 1.44. The van der Waals surface area contributed by atoms with Gasteiger partial charge in [0.25, 0.3) is 6.43 Å². The van der Waals surface area contributed by atoms with Crippen molar-refractivity contribution in [2.75, 3.05) is 0 Å². The summed E-state index contributed by atoms with van der Waals surface area (Å²) in [7, 11) is 0. The number of alkyl halides is 2. The number of fused-ring (bicyclic) bond motifs is 1. The Labute approximate surface area is 87.5 Å². The number of hydrogen-bond donors (Lipinski definition) is 1. The molecule has 0 bridgehead atoms. The molecule has 0 fully saturated rings. The van der Waals surface area contributed by atoms with E-state index in [1.54, 1.807) is 0 Å². The summed E-state index contributed by atoms with van der Waals surface area (Å²) in [5.74, 6) is -0.00519. The molecule has 0 amide bonds. The molecule has 0 unspecified atom stereocenters. The fourth-order valence-electron chi connectivity index (χ4n) is 1.28. The summed E-state index contributed by atoms with van der Waals surface area (Å²) in [4.78, 5) is 0. The second kappa shape index (κ2) is 3.37. The van der Waals surface area contributed by atoms with E-state index >= 15 is 0 Å². The normalized spacial score (nSPS) is 11.4. The van der Waals surface area contributed by atoms with Crippen molar-refractivity contribution < 1.29 is 13.9 Å². The fraction of sp³-hybridized carbons (Fsp3) is 0.111. The highest BCUT2D eigenvalue weighted by Crippen LogP contribution is 2.39. The molecule has 1 aromatic heterocycles. The predicted octanol–water partition coefficient (Wildman–Crippen LogP) is 4.20. The number of rotatable bonds is 1. The molecule has 0 saturated heterocycles. The van der Waals surface area contributed by atoms with Crippen molar-refractivity contribution in [1.82, 2.24) is 0 Å². The quantitative estimate of drug-likeness (QED) is 0.784. The van der Waals surface area contributed by atoms with Crippen LogP contribution in [0.1, 0.15) is 12.0 Å². The first-order valence-electron chi connectivity index (χ1n) is 3.77. The van der Waals surface area contributed by atoms with Gasteiger partial charge in [-0.3, -0.25) is 0 Å². The summed E-state index contributed by atoms with van der Waals surface area (Å²) in [6, 6.07) is 2.71. The van der Waals surface area contributed by atoms with Crippen molar-refractivity contribution in [2.45, 2.75) is 6.43 Å². The molecule has 1 N–H and O–H groups in total. The van der Waals surface area contributed by atoms with Gasteiger partial charge in [0.2, 0.25) is 0 Å². The molecule has 1 nitrogen and oxygen atoms in total. The lowest BCUT2D eigenvalue weighted by atomic mass is 10.1. The summed E-state index contributed by atoms with van der Waals surface area (Å²) < 4.78 is 25.5. The van der Waals surface area contributed by atoms with Crippen molar-refractivity contribution in [3.8, 4) is 5.75 Å². The predicted molar refractivity (Wildman–Crippen MR) is 53.5 cm³/mol. The Bertz CT molecular complexity index is 481. The van der Waals surface area contributed by atoms with Gasteiger partial charge < -0.3 is 5.11 Å². The van der Waals surface area contributed by atoms with Crippen LogP contribution in [-0.2, 0) is 0 Å². The molecule has 2 aromatic rings. The maximum atomic E-state index is 12.6. The molecule has 74 valence electrons. The zero-order valence-corrected chi connectivity index (χ0v) is 8.37. The maximum absolute atomic E-state index is 12.6. The number of halogens is 3. The maximum Gasteiger partial charge on any atom is 0.265 e. The molecule has 5 heteroatoms. The van der Waals surface area contributed by atoms with Gasteiger partial charge >= 0.3 is 0 Å². The highest BCUT2D eigenvalue weighted by Gasteiger charge is 2.15. The van der Waals surface area contributed by atoms with E-state index in [9.17, 15) is 13.9 Å².